The van der Waals surface area contributed by atoms with E-state index in [9.17, 15) is 13.2 Å². The molecule has 0 bridgehead atoms. The summed E-state index contributed by atoms with van der Waals surface area (Å²) in [5.41, 5.74) is 12.1. The number of nitrogen functional groups attached to an aromatic ring is 2. The first-order valence-electron chi connectivity index (χ1n) is 6.10. The van der Waals surface area contributed by atoms with E-state index in [1.165, 1.54) is 36.4 Å². The van der Waals surface area contributed by atoms with Gasteiger partial charge in [-0.05, 0) is 48.9 Å². The third-order valence-electron chi connectivity index (χ3n) is 2.89. The molecule has 0 amide bonds. The lowest BCUT2D eigenvalue weighted by molar-refractivity contribution is 0.0746. The van der Waals surface area contributed by atoms with E-state index in [0.29, 0.717) is 11.3 Å². The fourth-order valence-electron chi connectivity index (χ4n) is 1.82. The molecule has 22 heavy (non-hydrogen) atoms. The quantitative estimate of drug-likeness (QED) is 0.655. The molecule has 0 aliphatic heterocycles. The summed E-state index contributed by atoms with van der Waals surface area (Å²) in [6, 6.07) is 8.12. The maximum absolute atomic E-state index is 12.2. The van der Waals surface area contributed by atoms with E-state index < -0.39 is 16.1 Å². The molecule has 0 atom stereocenters. The lowest BCUT2D eigenvalue weighted by Crippen LogP contribution is -2.15. The topological polar surface area (TPSA) is 112 Å². The van der Waals surface area contributed by atoms with Crippen LogP contribution >= 0.6 is 11.6 Å². The van der Waals surface area contributed by atoms with Crippen molar-refractivity contribution >= 4 is 39.1 Å². The Balaban J connectivity index is 2.31. The Hall–Kier alpha value is -2.25. The molecular weight excluding hydrogens is 328 g/mol. The van der Waals surface area contributed by atoms with Gasteiger partial charge in [-0.25, -0.2) is 4.79 Å². The van der Waals surface area contributed by atoms with Crippen LogP contribution in [-0.2, 0) is 14.3 Å². The molecule has 0 heterocycles. The summed E-state index contributed by atoms with van der Waals surface area (Å²) in [7, 11) is -4.26. The monoisotopic (exact) mass is 340 g/mol. The Morgan fingerprint density at radius 1 is 1.14 bits per heavy atom. The van der Waals surface area contributed by atoms with E-state index in [0.717, 1.165) is 0 Å². The second-order valence-electron chi connectivity index (χ2n) is 4.59. The van der Waals surface area contributed by atoms with E-state index >= 15 is 0 Å². The summed E-state index contributed by atoms with van der Waals surface area (Å²) < 4.78 is 28.9. The van der Waals surface area contributed by atoms with Crippen LogP contribution < -0.4 is 11.5 Å². The first-order chi connectivity index (χ1) is 10.2. The molecule has 0 aliphatic rings. The number of carbonyl (C=O) groups is 1. The fourth-order valence-corrected chi connectivity index (χ4v) is 3.01. The van der Waals surface area contributed by atoms with Crippen molar-refractivity contribution in [2.45, 2.75) is 11.8 Å². The molecule has 2 aromatic rings. The minimum Gasteiger partial charge on any atom is -0.399 e. The van der Waals surface area contributed by atoms with Crippen LogP contribution in [0, 0.1) is 6.92 Å². The summed E-state index contributed by atoms with van der Waals surface area (Å²) in [5, 5.41) is 0.258. The molecule has 0 spiro atoms. The average molecular weight is 341 g/mol. The lowest BCUT2D eigenvalue weighted by atomic mass is 10.2. The van der Waals surface area contributed by atoms with Crippen LogP contribution in [-0.4, -0.2) is 14.4 Å². The van der Waals surface area contributed by atoms with Crippen molar-refractivity contribution in [3.8, 4) is 0 Å². The van der Waals surface area contributed by atoms with E-state index in [1.54, 1.807) is 6.92 Å². The van der Waals surface area contributed by atoms with Crippen LogP contribution in [0.2, 0.25) is 5.02 Å². The first kappa shape index (κ1) is 16.1. The van der Waals surface area contributed by atoms with Crippen LogP contribution in [0.15, 0.2) is 41.3 Å². The molecule has 2 rings (SSSR count). The highest BCUT2D eigenvalue weighted by Crippen LogP contribution is 2.23. The molecule has 6 nitrogen and oxygen atoms in total. The van der Waals surface area contributed by atoms with Crippen LogP contribution in [0.25, 0.3) is 0 Å². The molecule has 0 radical (unpaired) electrons. The Labute approximate surface area is 132 Å². The molecule has 0 fully saturated rings. The number of hydrogen-bond donors (Lipinski definition) is 2. The van der Waals surface area contributed by atoms with Crippen molar-refractivity contribution in [2.24, 2.45) is 0 Å². The Morgan fingerprint density at radius 2 is 1.82 bits per heavy atom. The number of anilines is 2. The van der Waals surface area contributed by atoms with Gasteiger partial charge in [-0.2, -0.15) is 8.42 Å². The number of halogens is 1. The number of aryl methyl sites for hydroxylation is 1. The van der Waals surface area contributed by atoms with Gasteiger partial charge in [-0.15, -0.1) is 0 Å². The SMILES string of the molecule is Cc1cc(N)ccc1S(=O)(=O)OC(=O)c1ccc(Cl)c(N)c1. The highest BCUT2D eigenvalue weighted by atomic mass is 35.5. The normalized spacial score (nSPS) is 11.2. The number of nitrogens with two attached hydrogens (primary N) is 2. The highest BCUT2D eigenvalue weighted by molar-refractivity contribution is 7.87. The summed E-state index contributed by atoms with van der Waals surface area (Å²) >= 11 is 5.74. The smallest absolute Gasteiger partial charge is 0.354 e. The first-order valence-corrected chi connectivity index (χ1v) is 7.89. The molecule has 116 valence electrons. The van der Waals surface area contributed by atoms with E-state index in [-0.39, 0.29) is 21.2 Å². The zero-order valence-electron chi connectivity index (χ0n) is 11.5. The van der Waals surface area contributed by atoms with E-state index in [2.05, 4.69) is 4.18 Å². The van der Waals surface area contributed by atoms with Gasteiger partial charge in [0.25, 0.3) is 0 Å². The minimum atomic E-state index is -4.26. The van der Waals surface area contributed by atoms with Crippen LogP contribution in [0.5, 0.6) is 0 Å². The zero-order chi connectivity index (χ0) is 16.5. The Kier molecular flexibility index (Phi) is 4.30. The van der Waals surface area contributed by atoms with Gasteiger partial charge < -0.3 is 15.7 Å². The van der Waals surface area contributed by atoms with Gasteiger partial charge in [0.1, 0.15) is 4.90 Å². The summed E-state index contributed by atoms with van der Waals surface area (Å²) in [5.74, 6) is -1.04. The van der Waals surface area contributed by atoms with Crippen LogP contribution in [0.1, 0.15) is 15.9 Å². The van der Waals surface area contributed by atoms with Crippen molar-refractivity contribution in [2.75, 3.05) is 11.5 Å². The summed E-state index contributed by atoms with van der Waals surface area (Å²) in [6.07, 6.45) is 0. The molecule has 0 unspecified atom stereocenters. The van der Waals surface area contributed by atoms with Gasteiger partial charge in [-0.3, -0.25) is 0 Å². The second-order valence-corrected chi connectivity index (χ2v) is 6.51. The molecule has 2 aromatic carbocycles. The Morgan fingerprint density at radius 3 is 2.41 bits per heavy atom. The van der Waals surface area contributed by atoms with Crippen molar-refractivity contribution < 1.29 is 17.4 Å². The third-order valence-corrected chi connectivity index (χ3v) is 4.60. The van der Waals surface area contributed by atoms with Crippen molar-refractivity contribution in [1.29, 1.82) is 0 Å². The summed E-state index contributed by atoms with van der Waals surface area (Å²) in [6.45, 7) is 1.55. The van der Waals surface area contributed by atoms with Gasteiger partial charge in [0.05, 0.1) is 16.3 Å². The van der Waals surface area contributed by atoms with Gasteiger partial charge in [0.2, 0.25) is 0 Å². The molecule has 4 N–H and O–H groups in total. The minimum absolute atomic E-state index is 0.0152. The molecule has 8 heteroatoms. The largest absolute Gasteiger partial charge is 0.399 e. The standard InChI is InChI=1S/C14H13ClN2O4S/c1-8-6-10(16)3-5-13(8)22(19,20)21-14(18)9-2-4-11(15)12(17)7-9/h2-7H,16-17H2,1H3. The van der Waals surface area contributed by atoms with E-state index in [1.807, 2.05) is 0 Å². The van der Waals surface area contributed by atoms with Crippen LogP contribution in [0.3, 0.4) is 0 Å². The average Bonchev–Trinajstić information content (AvgIpc) is 2.40. The predicted octanol–water partition coefficient (Wildman–Crippen LogP) is 2.36. The van der Waals surface area contributed by atoms with Crippen LogP contribution in [0.4, 0.5) is 11.4 Å². The lowest BCUT2D eigenvalue weighted by Gasteiger charge is -2.09. The van der Waals surface area contributed by atoms with Crippen molar-refractivity contribution in [3.63, 3.8) is 0 Å². The number of rotatable bonds is 3. The Bertz CT molecular complexity index is 850. The van der Waals surface area contributed by atoms with Gasteiger partial charge >= 0.3 is 16.1 Å². The molecule has 0 saturated heterocycles. The molecular formula is C14H13ClN2O4S. The molecule has 0 aliphatic carbocycles. The van der Waals surface area contributed by atoms with E-state index in [4.69, 9.17) is 23.1 Å². The van der Waals surface area contributed by atoms with Crippen molar-refractivity contribution in [1.82, 2.24) is 0 Å². The third kappa shape index (κ3) is 3.32. The van der Waals surface area contributed by atoms with Gasteiger partial charge in [0, 0.05) is 5.69 Å². The second kappa shape index (κ2) is 5.86. The van der Waals surface area contributed by atoms with Crippen molar-refractivity contribution in [3.05, 3.63) is 52.5 Å². The fraction of sp³-hybridized carbons (Fsp3) is 0.0714. The summed E-state index contributed by atoms with van der Waals surface area (Å²) in [4.78, 5) is 11.8. The number of carbonyl (C=O) groups excluding carboxylic acids is 1. The zero-order valence-corrected chi connectivity index (χ0v) is 13.1. The number of benzene rings is 2. The molecule has 0 aromatic heterocycles. The predicted molar refractivity (Wildman–Crippen MR) is 84.1 cm³/mol. The highest BCUT2D eigenvalue weighted by Gasteiger charge is 2.23. The maximum atomic E-state index is 12.2. The molecule has 0 saturated carbocycles. The number of hydrogen-bond acceptors (Lipinski definition) is 6. The van der Waals surface area contributed by atoms with Gasteiger partial charge in [-0.1, -0.05) is 11.6 Å². The van der Waals surface area contributed by atoms with Gasteiger partial charge in [0.15, 0.2) is 0 Å². The maximum Gasteiger partial charge on any atom is 0.354 e.